The molecule has 0 aliphatic rings. The second-order valence-electron chi connectivity index (χ2n) is 5.84. The van der Waals surface area contributed by atoms with Gasteiger partial charge >= 0.3 is 5.97 Å². The summed E-state index contributed by atoms with van der Waals surface area (Å²) >= 11 is 0. The lowest BCUT2D eigenvalue weighted by Crippen LogP contribution is -2.30. The molecular formula is C20H23NO4. The first-order valence-electron chi connectivity index (χ1n) is 8.13. The molecule has 0 heterocycles. The second kappa shape index (κ2) is 8.87. The number of nitrogens with one attached hydrogen (secondary N) is 1. The van der Waals surface area contributed by atoms with Crippen LogP contribution in [0.5, 0.6) is 5.75 Å². The number of carbonyl (C=O) groups excluding carboxylic acids is 2. The van der Waals surface area contributed by atoms with Crippen LogP contribution in [-0.2, 0) is 16.0 Å². The largest absolute Gasteiger partial charge is 0.497 e. The van der Waals surface area contributed by atoms with Gasteiger partial charge in [0.2, 0.25) is 0 Å². The average molecular weight is 341 g/mol. The van der Waals surface area contributed by atoms with Crippen LogP contribution in [0.4, 0.5) is 0 Å². The molecule has 0 saturated heterocycles. The van der Waals surface area contributed by atoms with Crippen LogP contribution in [0.1, 0.15) is 27.0 Å². The Morgan fingerprint density at radius 3 is 2.44 bits per heavy atom. The first-order chi connectivity index (χ1) is 12.0. The van der Waals surface area contributed by atoms with Crippen molar-refractivity contribution in [2.24, 2.45) is 0 Å². The fourth-order valence-corrected chi connectivity index (χ4v) is 2.35. The number of hydrogen-bond acceptors (Lipinski definition) is 4. The highest BCUT2D eigenvalue weighted by atomic mass is 16.5. The van der Waals surface area contributed by atoms with Gasteiger partial charge < -0.3 is 14.8 Å². The predicted octanol–water partition coefficient (Wildman–Crippen LogP) is 2.83. The maximum Gasteiger partial charge on any atom is 0.338 e. The van der Waals surface area contributed by atoms with Gasteiger partial charge in [0.1, 0.15) is 5.75 Å². The van der Waals surface area contributed by atoms with Crippen molar-refractivity contribution in [1.82, 2.24) is 5.32 Å². The minimum absolute atomic E-state index is 0.283. The maximum atomic E-state index is 12.1. The number of carbonyl (C=O) groups is 2. The number of hydrogen-bond donors (Lipinski definition) is 1. The Hall–Kier alpha value is -2.82. The van der Waals surface area contributed by atoms with Gasteiger partial charge in [-0.2, -0.15) is 0 Å². The fraction of sp³-hybridized carbons (Fsp3) is 0.300. The Kier molecular flexibility index (Phi) is 6.57. The Balaban J connectivity index is 1.74. The fourth-order valence-electron chi connectivity index (χ4n) is 2.35. The Morgan fingerprint density at radius 1 is 1.04 bits per heavy atom. The molecule has 0 spiro atoms. The maximum absolute atomic E-state index is 12.1. The Bertz CT molecular complexity index is 738. The molecular weight excluding hydrogens is 318 g/mol. The molecule has 0 aromatic heterocycles. The van der Waals surface area contributed by atoms with Crippen molar-refractivity contribution < 1.29 is 19.1 Å². The van der Waals surface area contributed by atoms with Gasteiger partial charge in [0.05, 0.1) is 12.7 Å². The van der Waals surface area contributed by atoms with Gasteiger partial charge in [0, 0.05) is 6.54 Å². The molecule has 1 N–H and O–H groups in total. The summed E-state index contributed by atoms with van der Waals surface area (Å²) in [6.07, 6.45) is 0.695. The smallest absolute Gasteiger partial charge is 0.338 e. The monoisotopic (exact) mass is 341 g/mol. The predicted molar refractivity (Wildman–Crippen MR) is 95.9 cm³/mol. The topological polar surface area (TPSA) is 64.6 Å². The Morgan fingerprint density at radius 2 is 1.76 bits per heavy atom. The van der Waals surface area contributed by atoms with Crippen LogP contribution >= 0.6 is 0 Å². The van der Waals surface area contributed by atoms with E-state index in [1.165, 1.54) is 0 Å². The van der Waals surface area contributed by atoms with Gasteiger partial charge in [-0.3, -0.25) is 4.79 Å². The standard InChI is InChI=1S/C20H23NO4/c1-14-4-5-15(2)18(12-14)20(23)25-13-19(22)21-11-10-16-6-8-17(24-3)9-7-16/h4-9,12H,10-11,13H2,1-3H3,(H,21,22). The van der Waals surface area contributed by atoms with Crippen molar-refractivity contribution in [3.8, 4) is 5.75 Å². The van der Waals surface area contributed by atoms with E-state index in [9.17, 15) is 9.59 Å². The molecule has 0 radical (unpaired) electrons. The molecule has 0 saturated carbocycles. The van der Waals surface area contributed by atoms with Gasteiger partial charge in [-0.05, 0) is 49.6 Å². The molecule has 0 aliphatic heterocycles. The highest BCUT2D eigenvalue weighted by Crippen LogP contribution is 2.12. The highest BCUT2D eigenvalue weighted by molar-refractivity contribution is 5.92. The van der Waals surface area contributed by atoms with Crippen LogP contribution in [-0.4, -0.2) is 32.1 Å². The number of aryl methyl sites for hydroxylation is 2. The zero-order valence-electron chi connectivity index (χ0n) is 14.8. The molecule has 1 amide bonds. The molecule has 0 fully saturated rings. The second-order valence-corrected chi connectivity index (χ2v) is 5.84. The van der Waals surface area contributed by atoms with Crippen LogP contribution in [0.15, 0.2) is 42.5 Å². The van der Waals surface area contributed by atoms with Crippen LogP contribution in [0.2, 0.25) is 0 Å². The molecule has 2 aromatic rings. The SMILES string of the molecule is COc1ccc(CCNC(=O)COC(=O)c2cc(C)ccc2C)cc1. The first kappa shape index (κ1) is 18.5. The van der Waals surface area contributed by atoms with Crippen molar-refractivity contribution in [3.63, 3.8) is 0 Å². The summed E-state index contributed by atoms with van der Waals surface area (Å²) in [5, 5.41) is 2.75. The third-order valence-corrected chi connectivity index (χ3v) is 3.84. The lowest BCUT2D eigenvalue weighted by Gasteiger charge is -2.09. The van der Waals surface area contributed by atoms with E-state index in [0.29, 0.717) is 18.5 Å². The molecule has 132 valence electrons. The van der Waals surface area contributed by atoms with Gasteiger partial charge in [-0.15, -0.1) is 0 Å². The minimum atomic E-state index is -0.480. The third-order valence-electron chi connectivity index (χ3n) is 3.84. The Labute approximate surface area is 148 Å². The third kappa shape index (κ3) is 5.64. The molecule has 2 aromatic carbocycles. The number of esters is 1. The summed E-state index contributed by atoms with van der Waals surface area (Å²) in [6.45, 7) is 3.94. The van der Waals surface area contributed by atoms with Gasteiger partial charge in [0.25, 0.3) is 5.91 Å². The van der Waals surface area contributed by atoms with E-state index in [2.05, 4.69) is 5.32 Å². The van der Waals surface area contributed by atoms with E-state index in [1.54, 1.807) is 13.2 Å². The van der Waals surface area contributed by atoms with E-state index in [-0.39, 0.29) is 12.5 Å². The lowest BCUT2D eigenvalue weighted by atomic mass is 10.1. The summed E-state index contributed by atoms with van der Waals surface area (Å²) in [6, 6.07) is 13.2. The van der Waals surface area contributed by atoms with Crippen molar-refractivity contribution in [3.05, 3.63) is 64.7 Å². The number of methoxy groups -OCH3 is 1. The van der Waals surface area contributed by atoms with Gasteiger partial charge in [0.15, 0.2) is 6.61 Å². The molecule has 5 heteroatoms. The van der Waals surface area contributed by atoms with E-state index >= 15 is 0 Å². The van der Waals surface area contributed by atoms with Crippen molar-refractivity contribution in [2.75, 3.05) is 20.3 Å². The lowest BCUT2D eigenvalue weighted by molar-refractivity contribution is -0.124. The number of amides is 1. The summed E-state index contributed by atoms with van der Waals surface area (Å²) < 4.78 is 10.2. The van der Waals surface area contributed by atoms with E-state index in [4.69, 9.17) is 9.47 Å². The summed E-state index contributed by atoms with van der Waals surface area (Å²) in [4.78, 5) is 23.9. The average Bonchev–Trinajstić information content (AvgIpc) is 2.62. The number of ether oxygens (including phenoxy) is 2. The van der Waals surface area contributed by atoms with E-state index in [0.717, 1.165) is 22.4 Å². The highest BCUT2D eigenvalue weighted by Gasteiger charge is 2.12. The molecule has 0 aliphatic carbocycles. The van der Waals surface area contributed by atoms with Crippen molar-refractivity contribution in [1.29, 1.82) is 0 Å². The van der Waals surface area contributed by atoms with Crippen LogP contribution in [0, 0.1) is 13.8 Å². The quantitative estimate of drug-likeness (QED) is 0.787. The van der Waals surface area contributed by atoms with E-state index in [1.807, 2.05) is 50.2 Å². The minimum Gasteiger partial charge on any atom is -0.497 e. The van der Waals surface area contributed by atoms with Crippen LogP contribution < -0.4 is 10.1 Å². The first-order valence-corrected chi connectivity index (χ1v) is 8.13. The molecule has 5 nitrogen and oxygen atoms in total. The van der Waals surface area contributed by atoms with Crippen LogP contribution in [0.3, 0.4) is 0 Å². The summed E-state index contributed by atoms with van der Waals surface area (Å²) in [5.74, 6) is 0.00446. The molecule has 0 unspecified atom stereocenters. The normalized spacial score (nSPS) is 10.2. The van der Waals surface area contributed by atoms with E-state index < -0.39 is 5.97 Å². The molecule has 0 atom stereocenters. The zero-order valence-corrected chi connectivity index (χ0v) is 14.8. The van der Waals surface area contributed by atoms with Crippen molar-refractivity contribution in [2.45, 2.75) is 20.3 Å². The zero-order chi connectivity index (χ0) is 18.2. The number of benzene rings is 2. The van der Waals surface area contributed by atoms with Crippen molar-refractivity contribution >= 4 is 11.9 Å². The van der Waals surface area contributed by atoms with Gasteiger partial charge in [-0.1, -0.05) is 29.8 Å². The summed E-state index contributed by atoms with van der Waals surface area (Å²) in [7, 11) is 1.62. The van der Waals surface area contributed by atoms with Crippen LogP contribution in [0.25, 0.3) is 0 Å². The molecule has 0 bridgehead atoms. The number of rotatable bonds is 7. The molecule has 2 rings (SSSR count). The molecule has 25 heavy (non-hydrogen) atoms. The van der Waals surface area contributed by atoms with Gasteiger partial charge in [-0.25, -0.2) is 4.79 Å². The summed E-state index contributed by atoms with van der Waals surface area (Å²) in [5.41, 5.74) is 3.39.